The highest BCUT2D eigenvalue weighted by Gasteiger charge is 2.23. The van der Waals surface area contributed by atoms with Crippen molar-refractivity contribution in [2.75, 3.05) is 7.11 Å². The van der Waals surface area contributed by atoms with E-state index >= 15 is 0 Å². The Kier molecular flexibility index (Phi) is 3.93. The van der Waals surface area contributed by atoms with Crippen LogP contribution in [-0.4, -0.2) is 7.11 Å². The lowest BCUT2D eigenvalue weighted by atomic mass is 10.1. The number of thiophene rings is 1. The lowest BCUT2D eigenvalue weighted by molar-refractivity contribution is 0.405. The van der Waals surface area contributed by atoms with E-state index in [1.165, 1.54) is 18.1 Å². The topological polar surface area (TPSA) is 9.23 Å². The van der Waals surface area contributed by atoms with Gasteiger partial charge in [-0.2, -0.15) is 0 Å². The zero-order valence-electron chi connectivity index (χ0n) is 10.5. The van der Waals surface area contributed by atoms with E-state index in [1.807, 2.05) is 13.8 Å². The molecule has 0 saturated heterocycles. The fourth-order valence-electron chi connectivity index (χ4n) is 1.98. The Balaban J connectivity index is 2.52. The second-order valence-electron chi connectivity index (χ2n) is 4.12. The summed E-state index contributed by atoms with van der Waals surface area (Å²) in [6, 6.07) is 6.81. The summed E-state index contributed by atoms with van der Waals surface area (Å²) in [5.41, 5.74) is 1.49. The van der Waals surface area contributed by atoms with Gasteiger partial charge in [-0.1, -0.05) is 6.07 Å². The Morgan fingerprint density at radius 3 is 2.61 bits per heavy atom. The molecule has 0 saturated carbocycles. The first kappa shape index (κ1) is 13.4. The Bertz CT molecular complexity index is 565. The summed E-state index contributed by atoms with van der Waals surface area (Å²) in [4.78, 5) is 2.14. The summed E-state index contributed by atoms with van der Waals surface area (Å²) < 4.78 is 19.1. The summed E-state index contributed by atoms with van der Waals surface area (Å²) in [6.45, 7) is 4.00. The lowest BCUT2D eigenvalue weighted by Crippen LogP contribution is -2.00. The molecule has 1 nitrogen and oxygen atoms in total. The molecule has 1 unspecified atom stereocenters. The molecule has 1 aromatic heterocycles. The molecule has 18 heavy (non-hydrogen) atoms. The highest BCUT2D eigenvalue weighted by molar-refractivity contribution is 7.12. The predicted molar refractivity (Wildman–Crippen MR) is 74.4 cm³/mol. The normalized spacial score (nSPS) is 12.5. The number of rotatable bonds is 3. The van der Waals surface area contributed by atoms with Gasteiger partial charge in [-0.05, 0) is 37.6 Å². The molecule has 1 aromatic carbocycles. The van der Waals surface area contributed by atoms with Gasteiger partial charge in [0, 0.05) is 9.75 Å². The molecule has 1 heterocycles. The summed E-state index contributed by atoms with van der Waals surface area (Å²) in [5, 5.41) is -0.514. The van der Waals surface area contributed by atoms with Gasteiger partial charge in [-0.15, -0.1) is 22.9 Å². The van der Waals surface area contributed by atoms with E-state index in [0.29, 0.717) is 11.3 Å². The molecular formula is C14H14ClFOS. The lowest BCUT2D eigenvalue weighted by Gasteiger charge is -2.14. The molecule has 0 bridgehead atoms. The molecule has 0 amide bonds. The number of ether oxygens (including phenoxy) is 1. The van der Waals surface area contributed by atoms with Crippen LogP contribution in [0.25, 0.3) is 0 Å². The van der Waals surface area contributed by atoms with Crippen LogP contribution in [0.3, 0.4) is 0 Å². The van der Waals surface area contributed by atoms with Gasteiger partial charge >= 0.3 is 0 Å². The van der Waals surface area contributed by atoms with Crippen LogP contribution in [0.2, 0.25) is 0 Å². The molecule has 96 valence electrons. The quantitative estimate of drug-likeness (QED) is 0.733. The summed E-state index contributed by atoms with van der Waals surface area (Å²) in [7, 11) is 1.52. The van der Waals surface area contributed by atoms with Crippen LogP contribution in [0.4, 0.5) is 4.39 Å². The van der Waals surface area contributed by atoms with E-state index < -0.39 is 5.38 Å². The Hall–Kier alpha value is -1.06. The van der Waals surface area contributed by atoms with Gasteiger partial charge in [-0.3, -0.25) is 0 Å². The third kappa shape index (κ3) is 2.38. The van der Waals surface area contributed by atoms with E-state index in [1.54, 1.807) is 23.5 Å². The molecule has 4 heteroatoms. The van der Waals surface area contributed by atoms with Crippen molar-refractivity contribution in [1.29, 1.82) is 0 Å². The van der Waals surface area contributed by atoms with Crippen LogP contribution in [-0.2, 0) is 0 Å². The summed E-state index contributed by atoms with van der Waals surface area (Å²) in [6.07, 6.45) is 0. The molecule has 0 fully saturated rings. The van der Waals surface area contributed by atoms with Crippen LogP contribution in [0.15, 0.2) is 24.3 Å². The van der Waals surface area contributed by atoms with Crippen molar-refractivity contribution < 1.29 is 9.13 Å². The maximum Gasteiger partial charge on any atom is 0.131 e. The number of halogens is 2. The highest BCUT2D eigenvalue weighted by atomic mass is 35.5. The van der Waals surface area contributed by atoms with Crippen LogP contribution in [0, 0.1) is 19.7 Å². The third-order valence-corrected chi connectivity index (χ3v) is 4.58. The van der Waals surface area contributed by atoms with Gasteiger partial charge in [0.2, 0.25) is 0 Å². The zero-order chi connectivity index (χ0) is 13.3. The minimum atomic E-state index is -0.514. The van der Waals surface area contributed by atoms with Crippen molar-refractivity contribution >= 4 is 22.9 Å². The first-order chi connectivity index (χ1) is 8.54. The molecule has 2 aromatic rings. The van der Waals surface area contributed by atoms with E-state index in [2.05, 4.69) is 6.07 Å². The second kappa shape index (κ2) is 5.29. The van der Waals surface area contributed by atoms with Crippen molar-refractivity contribution in [3.63, 3.8) is 0 Å². The molecular weight excluding hydrogens is 271 g/mol. The van der Waals surface area contributed by atoms with E-state index in [-0.39, 0.29) is 5.82 Å². The zero-order valence-corrected chi connectivity index (χ0v) is 12.0. The first-order valence-corrected chi connectivity index (χ1v) is 6.83. The van der Waals surface area contributed by atoms with Gasteiger partial charge in [0.15, 0.2) is 0 Å². The van der Waals surface area contributed by atoms with Crippen LogP contribution in [0.5, 0.6) is 5.75 Å². The van der Waals surface area contributed by atoms with Crippen LogP contribution < -0.4 is 4.74 Å². The van der Waals surface area contributed by atoms with Crippen molar-refractivity contribution in [3.8, 4) is 5.75 Å². The van der Waals surface area contributed by atoms with Gasteiger partial charge in [0.05, 0.1) is 18.1 Å². The Morgan fingerprint density at radius 1 is 1.33 bits per heavy atom. The highest BCUT2D eigenvalue weighted by Crippen LogP contribution is 2.41. The van der Waals surface area contributed by atoms with Crippen LogP contribution in [0.1, 0.15) is 26.3 Å². The number of hydrogen-bond acceptors (Lipinski definition) is 2. The standard InChI is InChI=1S/C14H14ClFOS/c1-8-7-9(2)18-14(8)13(15)12-10(16)5-4-6-11(12)17-3/h4-7,13H,1-3H3. The Labute approximate surface area is 115 Å². The molecule has 1 atom stereocenters. The number of alkyl halides is 1. The van der Waals surface area contributed by atoms with Gasteiger partial charge in [0.1, 0.15) is 11.6 Å². The molecule has 0 aliphatic carbocycles. The average Bonchev–Trinajstić information content (AvgIpc) is 2.67. The minimum absolute atomic E-state index is 0.334. The van der Waals surface area contributed by atoms with Crippen molar-refractivity contribution in [3.05, 3.63) is 51.0 Å². The SMILES string of the molecule is COc1cccc(F)c1C(Cl)c1sc(C)cc1C. The number of aryl methyl sites for hydroxylation is 2. The molecule has 0 aliphatic rings. The molecule has 0 spiro atoms. The smallest absolute Gasteiger partial charge is 0.131 e. The number of benzene rings is 1. The van der Waals surface area contributed by atoms with Crippen molar-refractivity contribution in [2.45, 2.75) is 19.2 Å². The largest absolute Gasteiger partial charge is 0.496 e. The molecule has 0 N–H and O–H groups in total. The van der Waals surface area contributed by atoms with Crippen LogP contribution >= 0.6 is 22.9 Å². The monoisotopic (exact) mass is 284 g/mol. The first-order valence-electron chi connectivity index (χ1n) is 5.58. The van der Waals surface area contributed by atoms with E-state index in [4.69, 9.17) is 16.3 Å². The van der Waals surface area contributed by atoms with E-state index in [9.17, 15) is 4.39 Å². The second-order valence-corrected chi connectivity index (χ2v) is 5.85. The summed E-state index contributed by atoms with van der Waals surface area (Å²) >= 11 is 8.02. The fraction of sp³-hybridized carbons (Fsp3) is 0.286. The van der Waals surface area contributed by atoms with Crippen molar-refractivity contribution in [2.24, 2.45) is 0 Å². The fourth-order valence-corrected chi connectivity index (χ4v) is 3.52. The Morgan fingerprint density at radius 2 is 2.06 bits per heavy atom. The molecule has 0 aliphatic heterocycles. The van der Waals surface area contributed by atoms with Gasteiger partial charge in [0.25, 0.3) is 0 Å². The number of methoxy groups -OCH3 is 1. The van der Waals surface area contributed by atoms with Crippen molar-refractivity contribution in [1.82, 2.24) is 0 Å². The maximum atomic E-state index is 14.0. The maximum absolute atomic E-state index is 14.0. The molecule has 0 radical (unpaired) electrons. The van der Waals surface area contributed by atoms with Gasteiger partial charge in [-0.25, -0.2) is 4.39 Å². The number of hydrogen-bond donors (Lipinski definition) is 0. The third-order valence-electron chi connectivity index (χ3n) is 2.80. The summed E-state index contributed by atoms with van der Waals surface area (Å²) in [5.74, 6) is 0.153. The molecule has 2 rings (SSSR count). The average molecular weight is 285 g/mol. The van der Waals surface area contributed by atoms with E-state index in [0.717, 1.165) is 10.4 Å². The predicted octanol–water partition coefficient (Wildman–Crippen LogP) is 4.84. The van der Waals surface area contributed by atoms with Gasteiger partial charge < -0.3 is 4.74 Å². The minimum Gasteiger partial charge on any atom is -0.496 e.